The highest BCUT2D eigenvalue weighted by Gasteiger charge is 2.37. The maximum atomic E-state index is 11.1. The van der Waals surface area contributed by atoms with Crippen molar-refractivity contribution in [2.45, 2.75) is 58.0 Å². The molecule has 4 nitrogen and oxygen atoms in total. The van der Waals surface area contributed by atoms with E-state index in [1.165, 1.54) is 12.8 Å². The van der Waals surface area contributed by atoms with Gasteiger partial charge in [-0.15, -0.1) is 0 Å². The second-order valence-electron chi connectivity index (χ2n) is 6.07. The molecule has 1 heterocycles. The van der Waals surface area contributed by atoms with E-state index in [0.29, 0.717) is 6.04 Å². The first-order valence-corrected chi connectivity index (χ1v) is 7.54. The van der Waals surface area contributed by atoms with Gasteiger partial charge in [-0.25, -0.2) is 0 Å². The lowest BCUT2D eigenvalue weighted by molar-refractivity contribution is -0.119. The molecule has 106 valence electrons. The highest BCUT2D eigenvalue weighted by Crippen LogP contribution is 2.35. The number of nitriles is 1. The Morgan fingerprint density at radius 2 is 2.21 bits per heavy atom. The Hall–Kier alpha value is -1.08. The third-order valence-corrected chi connectivity index (χ3v) is 4.76. The molecule has 2 aliphatic rings. The largest absolute Gasteiger partial charge is 0.352 e. The zero-order valence-corrected chi connectivity index (χ0v) is 12.1. The molecule has 1 amide bonds. The molecule has 4 unspecified atom stereocenters. The molecule has 1 N–H and O–H groups in total. The van der Waals surface area contributed by atoms with E-state index < -0.39 is 0 Å². The van der Waals surface area contributed by atoms with Crippen LogP contribution in [0.5, 0.6) is 0 Å². The van der Waals surface area contributed by atoms with Crippen molar-refractivity contribution in [3.05, 3.63) is 0 Å². The molecule has 0 bridgehead atoms. The number of hydrogen-bond acceptors (Lipinski definition) is 3. The topological polar surface area (TPSA) is 56.1 Å². The summed E-state index contributed by atoms with van der Waals surface area (Å²) in [7, 11) is 0. The summed E-state index contributed by atoms with van der Waals surface area (Å²) in [6, 6.07) is 3.18. The van der Waals surface area contributed by atoms with Crippen LogP contribution in [0.4, 0.5) is 0 Å². The van der Waals surface area contributed by atoms with Crippen LogP contribution >= 0.6 is 0 Å². The van der Waals surface area contributed by atoms with Crippen LogP contribution < -0.4 is 5.32 Å². The molecule has 2 fully saturated rings. The number of amides is 1. The van der Waals surface area contributed by atoms with Crippen molar-refractivity contribution in [1.29, 1.82) is 5.26 Å². The zero-order chi connectivity index (χ0) is 13.8. The van der Waals surface area contributed by atoms with Gasteiger partial charge in [-0.05, 0) is 31.6 Å². The summed E-state index contributed by atoms with van der Waals surface area (Å²) in [4.78, 5) is 13.6. The first-order valence-electron chi connectivity index (χ1n) is 7.54. The van der Waals surface area contributed by atoms with Crippen LogP contribution in [0.2, 0.25) is 0 Å². The van der Waals surface area contributed by atoms with Crippen molar-refractivity contribution in [2.24, 2.45) is 11.8 Å². The van der Waals surface area contributed by atoms with Gasteiger partial charge in [0.1, 0.15) is 0 Å². The van der Waals surface area contributed by atoms with E-state index in [4.69, 9.17) is 0 Å². The third-order valence-electron chi connectivity index (χ3n) is 4.76. The fourth-order valence-electron chi connectivity index (χ4n) is 3.65. The first-order chi connectivity index (χ1) is 9.13. The van der Waals surface area contributed by atoms with Crippen molar-refractivity contribution >= 4 is 5.91 Å². The van der Waals surface area contributed by atoms with Gasteiger partial charge in [0.15, 0.2) is 0 Å². The summed E-state index contributed by atoms with van der Waals surface area (Å²) < 4.78 is 0. The van der Waals surface area contributed by atoms with Crippen molar-refractivity contribution in [2.75, 3.05) is 13.1 Å². The van der Waals surface area contributed by atoms with Gasteiger partial charge in [0.05, 0.1) is 12.0 Å². The van der Waals surface area contributed by atoms with Gasteiger partial charge < -0.3 is 5.32 Å². The Labute approximate surface area is 116 Å². The highest BCUT2D eigenvalue weighted by molar-refractivity contribution is 5.73. The van der Waals surface area contributed by atoms with Gasteiger partial charge in [-0.2, -0.15) is 5.26 Å². The molecule has 0 aromatic heterocycles. The van der Waals surface area contributed by atoms with Crippen LogP contribution in [0.15, 0.2) is 0 Å². The minimum Gasteiger partial charge on any atom is -0.352 e. The summed E-state index contributed by atoms with van der Waals surface area (Å²) in [5, 5.41) is 12.4. The molecule has 1 aliphatic heterocycles. The summed E-state index contributed by atoms with van der Waals surface area (Å²) in [6.07, 6.45) is 5.64. The summed E-state index contributed by atoms with van der Waals surface area (Å²) in [5.41, 5.74) is 0. The Kier molecular flexibility index (Phi) is 4.81. The van der Waals surface area contributed by atoms with E-state index >= 15 is 0 Å². The predicted octanol–water partition coefficient (Wildman–Crippen LogP) is 1.92. The molecule has 1 saturated heterocycles. The number of hydrogen-bond donors (Lipinski definition) is 1. The SMILES string of the molecule is CCC1CCC(C#N)C(N2CCC(NC(C)=O)C2)C1. The van der Waals surface area contributed by atoms with E-state index in [9.17, 15) is 10.1 Å². The fourth-order valence-corrected chi connectivity index (χ4v) is 3.65. The average Bonchev–Trinajstić information content (AvgIpc) is 2.85. The lowest BCUT2D eigenvalue weighted by Crippen LogP contribution is -2.44. The van der Waals surface area contributed by atoms with Crippen LogP contribution in [0, 0.1) is 23.2 Å². The number of nitrogens with one attached hydrogen (secondary N) is 1. The zero-order valence-electron chi connectivity index (χ0n) is 12.1. The Morgan fingerprint density at radius 1 is 1.42 bits per heavy atom. The summed E-state index contributed by atoms with van der Waals surface area (Å²) >= 11 is 0. The van der Waals surface area contributed by atoms with Crippen LogP contribution in [0.25, 0.3) is 0 Å². The average molecular weight is 263 g/mol. The molecular formula is C15H25N3O. The van der Waals surface area contributed by atoms with Crippen LogP contribution in [0.1, 0.15) is 46.0 Å². The molecule has 0 spiro atoms. The van der Waals surface area contributed by atoms with E-state index in [0.717, 1.165) is 38.3 Å². The van der Waals surface area contributed by atoms with Gasteiger partial charge in [0, 0.05) is 32.1 Å². The number of carbonyl (C=O) groups is 1. The van der Waals surface area contributed by atoms with E-state index in [2.05, 4.69) is 23.2 Å². The summed E-state index contributed by atoms with van der Waals surface area (Å²) in [6.45, 7) is 5.76. The number of carbonyl (C=O) groups excluding carboxylic acids is 1. The smallest absolute Gasteiger partial charge is 0.217 e. The molecule has 4 heteroatoms. The van der Waals surface area contributed by atoms with E-state index in [1.807, 2.05) is 0 Å². The van der Waals surface area contributed by atoms with Crippen LogP contribution in [0.3, 0.4) is 0 Å². The molecule has 0 aromatic carbocycles. The second-order valence-corrected chi connectivity index (χ2v) is 6.07. The Morgan fingerprint density at radius 3 is 2.84 bits per heavy atom. The molecule has 1 aliphatic carbocycles. The lowest BCUT2D eigenvalue weighted by Gasteiger charge is -2.38. The minimum absolute atomic E-state index is 0.0544. The van der Waals surface area contributed by atoms with Crippen molar-refractivity contribution in [1.82, 2.24) is 10.2 Å². The van der Waals surface area contributed by atoms with Crippen molar-refractivity contribution in [3.63, 3.8) is 0 Å². The molecular weight excluding hydrogens is 238 g/mol. The molecule has 19 heavy (non-hydrogen) atoms. The molecule has 0 aromatic rings. The molecule has 4 atom stereocenters. The van der Waals surface area contributed by atoms with Gasteiger partial charge in [-0.1, -0.05) is 13.3 Å². The number of nitrogens with zero attached hydrogens (tertiary/aromatic N) is 2. The van der Waals surface area contributed by atoms with Crippen LogP contribution in [-0.4, -0.2) is 36.0 Å². The number of likely N-dealkylation sites (tertiary alicyclic amines) is 1. The van der Waals surface area contributed by atoms with Crippen LogP contribution in [-0.2, 0) is 4.79 Å². The fraction of sp³-hybridized carbons (Fsp3) is 0.867. The predicted molar refractivity (Wildman–Crippen MR) is 74.3 cm³/mol. The maximum absolute atomic E-state index is 11.1. The Bertz CT molecular complexity index is 363. The van der Waals surface area contributed by atoms with Crippen molar-refractivity contribution < 1.29 is 4.79 Å². The van der Waals surface area contributed by atoms with E-state index in [-0.39, 0.29) is 17.9 Å². The standard InChI is InChI=1S/C15H25N3O/c1-3-12-4-5-13(9-16)15(8-12)18-7-6-14(10-18)17-11(2)19/h12-15H,3-8,10H2,1-2H3,(H,17,19). The number of rotatable bonds is 3. The molecule has 0 radical (unpaired) electrons. The molecule has 1 saturated carbocycles. The quantitative estimate of drug-likeness (QED) is 0.846. The first kappa shape index (κ1) is 14.3. The van der Waals surface area contributed by atoms with Gasteiger partial charge >= 0.3 is 0 Å². The normalized spacial score (nSPS) is 35.8. The lowest BCUT2D eigenvalue weighted by atomic mass is 9.77. The van der Waals surface area contributed by atoms with E-state index in [1.54, 1.807) is 6.92 Å². The highest BCUT2D eigenvalue weighted by atomic mass is 16.1. The van der Waals surface area contributed by atoms with Crippen molar-refractivity contribution in [3.8, 4) is 6.07 Å². The molecule has 2 rings (SSSR count). The minimum atomic E-state index is 0.0544. The van der Waals surface area contributed by atoms with Gasteiger partial charge in [-0.3, -0.25) is 9.69 Å². The van der Waals surface area contributed by atoms with Gasteiger partial charge in [0.25, 0.3) is 0 Å². The Balaban J connectivity index is 1.95. The van der Waals surface area contributed by atoms with Gasteiger partial charge in [0.2, 0.25) is 5.91 Å². The monoisotopic (exact) mass is 263 g/mol. The maximum Gasteiger partial charge on any atom is 0.217 e. The summed E-state index contributed by atoms with van der Waals surface area (Å²) in [5.74, 6) is 1.01. The second kappa shape index (κ2) is 6.38. The third kappa shape index (κ3) is 3.48.